The van der Waals surface area contributed by atoms with Crippen LogP contribution in [-0.2, 0) is 0 Å². The van der Waals surface area contributed by atoms with Gasteiger partial charge >= 0.3 is 0 Å². The van der Waals surface area contributed by atoms with Gasteiger partial charge in [0.15, 0.2) is 11.6 Å². The number of halogens is 5. The zero-order valence-electron chi connectivity index (χ0n) is 20.6. The van der Waals surface area contributed by atoms with Gasteiger partial charge in [-0.15, -0.1) is 58.8 Å². The van der Waals surface area contributed by atoms with Crippen molar-refractivity contribution in [3.05, 3.63) is 58.7 Å². The molecule has 11 heteroatoms. The first-order valence-corrected chi connectivity index (χ1v) is 14.2. The van der Waals surface area contributed by atoms with E-state index in [1.54, 1.807) is 24.3 Å². The summed E-state index contributed by atoms with van der Waals surface area (Å²) in [5.74, 6) is 1.76. The first-order chi connectivity index (χ1) is 17.5. The minimum Gasteiger partial charge on any atom is -0.383 e. The molecule has 0 radical (unpaired) electrons. The molecule has 0 unspecified atom stereocenters. The summed E-state index contributed by atoms with van der Waals surface area (Å²) in [6, 6.07) is 10.7. The standard InChI is InChI=1S/C26H32Cl4N4O2.ClH/c27-7-13-33(14-8-28)17-11-31-21-5-6-22(32-12-18-34(15-9-29)16-10-30)24-23(21)25(35)19-3-1-2-4-20(19)26(24)36;/h1-6,31-32H,7-18H2;1H. The molecule has 0 saturated carbocycles. The molecule has 0 saturated heterocycles. The zero-order chi connectivity index (χ0) is 25.9. The Morgan fingerprint density at radius 2 is 0.919 bits per heavy atom. The van der Waals surface area contributed by atoms with E-state index in [9.17, 15) is 9.59 Å². The van der Waals surface area contributed by atoms with Crippen molar-refractivity contribution in [1.29, 1.82) is 0 Å². The number of nitrogens with one attached hydrogen (secondary N) is 2. The molecule has 0 amide bonds. The van der Waals surface area contributed by atoms with Crippen molar-refractivity contribution in [1.82, 2.24) is 9.80 Å². The van der Waals surface area contributed by atoms with Crippen LogP contribution < -0.4 is 10.6 Å². The minimum atomic E-state index is -0.157. The zero-order valence-corrected chi connectivity index (χ0v) is 24.4. The van der Waals surface area contributed by atoms with Gasteiger partial charge in [0.2, 0.25) is 0 Å². The minimum absolute atomic E-state index is 0. The third-order valence-corrected chi connectivity index (χ3v) is 6.84. The summed E-state index contributed by atoms with van der Waals surface area (Å²) in [6.07, 6.45) is 0. The molecule has 0 aliphatic heterocycles. The third-order valence-electron chi connectivity index (χ3n) is 6.17. The van der Waals surface area contributed by atoms with E-state index in [0.717, 1.165) is 26.2 Å². The fourth-order valence-corrected chi connectivity index (χ4v) is 5.32. The maximum Gasteiger partial charge on any atom is 0.196 e. The normalized spacial score (nSPS) is 12.4. The number of fused-ring (bicyclic) bond motifs is 2. The molecular weight excluding hydrogens is 578 g/mol. The highest BCUT2D eigenvalue weighted by atomic mass is 35.5. The molecule has 6 nitrogen and oxygen atoms in total. The number of rotatable bonds is 16. The number of alkyl halides is 4. The van der Waals surface area contributed by atoms with Gasteiger partial charge in [0.05, 0.1) is 11.1 Å². The average Bonchev–Trinajstić information content (AvgIpc) is 2.88. The Kier molecular flexibility index (Phi) is 14.4. The number of hydrogen-bond acceptors (Lipinski definition) is 6. The average molecular weight is 611 g/mol. The van der Waals surface area contributed by atoms with Crippen molar-refractivity contribution in [2.75, 3.05) is 86.5 Å². The third kappa shape index (κ3) is 8.37. The van der Waals surface area contributed by atoms with Gasteiger partial charge in [0.25, 0.3) is 0 Å². The second-order valence-electron chi connectivity index (χ2n) is 8.41. The predicted molar refractivity (Wildman–Crippen MR) is 160 cm³/mol. The number of ketones is 2. The highest BCUT2D eigenvalue weighted by Crippen LogP contribution is 2.36. The van der Waals surface area contributed by atoms with Gasteiger partial charge < -0.3 is 10.6 Å². The summed E-state index contributed by atoms with van der Waals surface area (Å²) in [4.78, 5) is 31.5. The van der Waals surface area contributed by atoms with Crippen LogP contribution in [0.5, 0.6) is 0 Å². The van der Waals surface area contributed by atoms with Crippen LogP contribution in [0.25, 0.3) is 0 Å². The van der Waals surface area contributed by atoms with E-state index < -0.39 is 0 Å². The van der Waals surface area contributed by atoms with E-state index in [0.29, 0.717) is 83.3 Å². The first-order valence-electron chi connectivity index (χ1n) is 12.1. The van der Waals surface area contributed by atoms with E-state index in [2.05, 4.69) is 20.4 Å². The van der Waals surface area contributed by atoms with Crippen LogP contribution in [0.4, 0.5) is 11.4 Å². The molecule has 2 aromatic carbocycles. The Balaban J connectivity index is 0.00000481. The summed E-state index contributed by atoms with van der Waals surface area (Å²) in [6.45, 7) is 5.51. The number of anilines is 2. The van der Waals surface area contributed by atoms with E-state index in [1.165, 1.54) is 0 Å². The molecule has 0 atom stereocenters. The molecule has 3 rings (SSSR count). The Morgan fingerprint density at radius 3 is 1.24 bits per heavy atom. The lowest BCUT2D eigenvalue weighted by atomic mass is 9.82. The van der Waals surface area contributed by atoms with E-state index >= 15 is 0 Å². The summed E-state index contributed by atoms with van der Waals surface area (Å²) in [5.41, 5.74) is 2.96. The monoisotopic (exact) mass is 608 g/mol. The lowest BCUT2D eigenvalue weighted by molar-refractivity contribution is 0.0980. The van der Waals surface area contributed by atoms with E-state index in [-0.39, 0.29) is 24.0 Å². The van der Waals surface area contributed by atoms with Crippen molar-refractivity contribution in [3.63, 3.8) is 0 Å². The second kappa shape index (κ2) is 16.7. The molecule has 0 heterocycles. The van der Waals surface area contributed by atoms with E-state index in [4.69, 9.17) is 46.4 Å². The summed E-state index contributed by atoms with van der Waals surface area (Å²) in [7, 11) is 0. The highest BCUT2D eigenvalue weighted by Gasteiger charge is 2.33. The van der Waals surface area contributed by atoms with Crippen LogP contribution >= 0.6 is 58.8 Å². The smallest absolute Gasteiger partial charge is 0.196 e. The Bertz CT molecular complexity index is 948. The fourth-order valence-electron chi connectivity index (χ4n) is 4.36. The van der Waals surface area contributed by atoms with Crippen molar-refractivity contribution >= 4 is 81.8 Å². The number of carbonyl (C=O) groups is 2. The molecule has 1 aliphatic carbocycles. The van der Waals surface area contributed by atoms with E-state index in [1.807, 2.05) is 12.1 Å². The van der Waals surface area contributed by atoms with Crippen LogP contribution in [0.1, 0.15) is 31.8 Å². The number of hydrogen-bond donors (Lipinski definition) is 2. The molecule has 0 fully saturated rings. The van der Waals surface area contributed by atoms with Crippen molar-refractivity contribution in [2.45, 2.75) is 0 Å². The van der Waals surface area contributed by atoms with Crippen molar-refractivity contribution in [2.24, 2.45) is 0 Å². The summed E-state index contributed by atoms with van der Waals surface area (Å²) >= 11 is 23.6. The molecule has 37 heavy (non-hydrogen) atoms. The Labute approximate surface area is 245 Å². The molecular formula is C26H33Cl5N4O2. The first kappa shape index (κ1) is 32.0. The maximum atomic E-state index is 13.6. The molecule has 2 aromatic rings. The number of nitrogens with zero attached hydrogens (tertiary/aromatic N) is 2. The summed E-state index contributed by atoms with van der Waals surface area (Å²) in [5, 5.41) is 6.74. The lowest BCUT2D eigenvalue weighted by Crippen LogP contribution is -2.33. The Hall–Kier alpha value is -1.25. The SMILES string of the molecule is Cl.O=C1c2ccccc2C(=O)c2c(NCCN(CCCl)CCCl)ccc(NCCN(CCCl)CCCl)c21. The van der Waals surface area contributed by atoms with Gasteiger partial charge in [-0.1, -0.05) is 24.3 Å². The van der Waals surface area contributed by atoms with Gasteiger partial charge in [0, 0.05) is 98.4 Å². The lowest BCUT2D eigenvalue weighted by Gasteiger charge is -2.26. The molecule has 0 spiro atoms. The van der Waals surface area contributed by atoms with Gasteiger partial charge in [-0.05, 0) is 12.1 Å². The van der Waals surface area contributed by atoms with Crippen LogP contribution in [0.2, 0.25) is 0 Å². The molecule has 0 bridgehead atoms. The Morgan fingerprint density at radius 1 is 0.568 bits per heavy atom. The fraction of sp³-hybridized carbons (Fsp3) is 0.462. The topological polar surface area (TPSA) is 64.7 Å². The van der Waals surface area contributed by atoms with Crippen LogP contribution in [0, 0.1) is 0 Å². The largest absolute Gasteiger partial charge is 0.383 e. The van der Waals surface area contributed by atoms with Crippen molar-refractivity contribution < 1.29 is 9.59 Å². The number of benzene rings is 2. The van der Waals surface area contributed by atoms with Gasteiger partial charge in [0.1, 0.15) is 0 Å². The van der Waals surface area contributed by atoms with Crippen LogP contribution in [0.15, 0.2) is 36.4 Å². The maximum absolute atomic E-state index is 13.6. The number of carbonyl (C=O) groups excluding carboxylic acids is 2. The molecule has 2 N–H and O–H groups in total. The quantitative estimate of drug-likeness (QED) is 0.216. The molecule has 1 aliphatic rings. The second-order valence-corrected chi connectivity index (χ2v) is 9.92. The van der Waals surface area contributed by atoms with Gasteiger partial charge in [-0.2, -0.15) is 0 Å². The summed E-state index contributed by atoms with van der Waals surface area (Å²) < 4.78 is 0. The van der Waals surface area contributed by atoms with Crippen LogP contribution in [-0.4, -0.2) is 97.2 Å². The molecule has 0 aromatic heterocycles. The predicted octanol–water partition coefficient (Wildman–Crippen LogP) is 5.27. The van der Waals surface area contributed by atoms with Gasteiger partial charge in [-0.25, -0.2) is 0 Å². The van der Waals surface area contributed by atoms with Gasteiger partial charge in [-0.3, -0.25) is 19.4 Å². The van der Waals surface area contributed by atoms with Crippen molar-refractivity contribution in [3.8, 4) is 0 Å². The highest BCUT2D eigenvalue weighted by molar-refractivity contribution is 6.32. The molecule has 204 valence electrons. The van der Waals surface area contributed by atoms with Crippen LogP contribution in [0.3, 0.4) is 0 Å².